The predicted molar refractivity (Wildman–Crippen MR) is 70.9 cm³/mol. The van der Waals surface area contributed by atoms with Crippen LogP contribution in [0.3, 0.4) is 0 Å². The van der Waals surface area contributed by atoms with Gasteiger partial charge in [0.15, 0.2) is 5.82 Å². The smallest absolute Gasteiger partial charge is 0.337 e. The minimum absolute atomic E-state index is 0.00427. The van der Waals surface area contributed by atoms with E-state index in [1.165, 1.54) is 24.4 Å². The van der Waals surface area contributed by atoms with E-state index in [4.69, 9.17) is 28.3 Å². The van der Waals surface area contributed by atoms with Crippen LogP contribution in [0, 0.1) is 5.82 Å². The van der Waals surface area contributed by atoms with Gasteiger partial charge in [-0.05, 0) is 18.2 Å². The molecule has 0 aliphatic rings. The summed E-state index contributed by atoms with van der Waals surface area (Å²) < 4.78 is 13.7. The van der Waals surface area contributed by atoms with Crippen molar-refractivity contribution in [2.45, 2.75) is 0 Å². The van der Waals surface area contributed by atoms with Gasteiger partial charge in [-0.15, -0.1) is 0 Å². The van der Waals surface area contributed by atoms with E-state index in [2.05, 4.69) is 10.3 Å². The molecule has 0 amide bonds. The summed E-state index contributed by atoms with van der Waals surface area (Å²) >= 11 is 11.3. The first kappa shape index (κ1) is 13.6. The fraction of sp³-hybridized carbons (Fsp3) is 0. The highest BCUT2D eigenvalue weighted by atomic mass is 35.5. The summed E-state index contributed by atoms with van der Waals surface area (Å²) in [6.45, 7) is 0. The summed E-state index contributed by atoms with van der Waals surface area (Å²) in [5.41, 5.74) is -0.0275. The van der Waals surface area contributed by atoms with Crippen LogP contribution in [-0.4, -0.2) is 16.1 Å². The molecule has 98 valence electrons. The monoisotopic (exact) mass is 300 g/mol. The number of hydrogen-bond acceptors (Lipinski definition) is 3. The van der Waals surface area contributed by atoms with E-state index in [-0.39, 0.29) is 27.1 Å². The van der Waals surface area contributed by atoms with Crippen molar-refractivity contribution in [3.8, 4) is 0 Å². The van der Waals surface area contributed by atoms with Crippen molar-refractivity contribution in [1.82, 2.24) is 4.98 Å². The molecule has 1 heterocycles. The molecule has 0 atom stereocenters. The Labute approximate surface area is 117 Å². The molecule has 0 aliphatic heterocycles. The highest BCUT2D eigenvalue weighted by Crippen LogP contribution is 2.26. The van der Waals surface area contributed by atoms with Gasteiger partial charge in [0.25, 0.3) is 0 Å². The van der Waals surface area contributed by atoms with Crippen LogP contribution in [-0.2, 0) is 0 Å². The van der Waals surface area contributed by atoms with Gasteiger partial charge in [-0.3, -0.25) is 0 Å². The van der Waals surface area contributed by atoms with Gasteiger partial charge in [-0.1, -0.05) is 29.3 Å². The highest BCUT2D eigenvalue weighted by molar-refractivity contribution is 6.33. The summed E-state index contributed by atoms with van der Waals surface area (Å²) in [5.74, 6) is -1.68. The largest absolute Gasteiger partial charge is 0.478 e. The van der Waals surface area contributed by atoms with Gasteiger partial charge in [0.2, 0.25) is 0 Å². The second-order valence-electron chi connectivity index (χ2n) is 3.58. The molecule has 2 N–H and O–H groups in total. The van der Waals surface area contributed by atoms with E-state index < -0.39 is 11.8 Å². The van der Waals surface area contributed by atoms with Crippen molar-refractivity contribution >= 4 is 40.7 Å². The van der Waals surface area contributed by atoms with Crippen LogP contribution in [0.15, 0.2) is 30.5 Å². The Kier molecular flexibility index (Phi) is 3.87. The van der Waals surface area contributed by atoms with E-state index in [1.807, 2.05) is 0 Å². The number of nitrogens with one attached hydrogen (secondary N) is 1. The molecule has 19 heavy (non-hydrogen) atoms. The number of carboxylic acid groups (broad SMARTS) is 1. The summed E-state index contributed by atoms with van der Waals surface area (Å²) in [6.07, 6.45) is 1.18. The molecule has 0 saturated carbocycles. The van der Waals surface area contributed by atoms with E-state index >= 15 is 0 Å². The first-order valence-electron chi connectivity index (χ1n) is 5.09. The van der Waals surface area contributed by atoms with E-state index in [0.717, 1.165) is 0 Å². The van der Waals surface area contributed by atoms with Crippen LogP contribution in [0.4, 0.5) is 15.9 Å². The lowest BCUT2D eigenvalue weighted by molar-refractivity contribution is 0.0697. The molecule has 0 aliphatic carbocycles. The molecule has 1 aromatic carbocycles. The maximum Gasteiger partial charge on any atom is 0.337 e. The Morgan fingerprint density at radius 3 is 2.74 bits per heavy atom. The fourth-order valence-electron chi connectivity index (χ4n) is 1.41. The summed E-state index contributed by atoms with van der Waals surface area (Å²) in [6, 6.07) is 5.63. The quantitative estimate of drug-likeness (QED) is 0.900. The molecule has 0 spiro atoms. The summed E-state index contributed by atoms with van der Waals surface area (Å²) in [4.78, 5) is 14.8. The van der Waals surface area contributed by atoms with Crippen molar-refractivity contribution in [2.24, 2.45) is 0 Å². The summed E-state index contributed by atoms with van der Waals surface area (Å²) in [7, 11) is 0. The third-order valence-electron chi connectivity index (χ3n) is 2.30. The van der Waals surface area contributed by atoms with Gasteiger partial charge in [0.1, 0.15) is 5.82 Å². The number of aromatic carboxylic acids is 1. The van der Waals surface area contributed by atoms with Crippen molar-refractivity contribution in [1.29, 1.82) is 0 Å². The lowest BCUT2D eigenvalue weighted by Crippen LogP contribution is -2.02. The van der Waals surface area contributed by atoms with Crippen LogP contribution in [0.5, 0.6) is 0 Å². The zero-order valence-electron chi connectivity index (χ0n) is 9.32. The van der Waals surface area contributed by atoms with Gasteiger partial charge in [-0.25, -0.2) is 14.2 Å². The van der Waals surface area contributed by atoms with E-state index in [9.17, 15) is 9.18 Å². The molecule has 1 aromatic heterocycles. The SMILES string of the molecule is O=C(O)c1cc(Nc2cccc(Cl)c2F)ncc1Cl. The highest BCUT2D eigenvalue weighted by Gasteiger charge is 2.12. The molecular formula is C12H7Cl2FN2O2. The lowest BCUT2D eigenvalue weighted by atomic mass is 10.2. The number of carboxylic acids is 1. The van der Waals surface area contributed by atoms with Crippen molar-refractivity contribution in [3.05, 3.63) is 51.9 Å². The Balaban J connectivity index is 2.36. The molecular weight excluding hydrogens is 294 g/mol. The number of nitrogens with zero attached hydrogens (tertiary/aromatic N) is 1. The Morgan fingerprint density at radius 1 is 1.32 bits per heavy atom. The van der Waals surface area contributed by atoms with Gasteiger partial charge in [0.05, 0.1) is 21.3 Å². The molecule has 7 heteroatoms. The molecule has 0 radical (unpaired) electrons. The lowest BCUT2D eigenvalue weighted by Gasteiger charge is -2.08. The van der Waals surface area contributed by atoms with Gasteiger partial charge in [-0.2, -0.15) is 0 Å². The minimum Gasteiger partial charge on any atom is -0.478 e. The van der Waals surface area contributed by atoms with E-state index in [1.54, 1.807) is 6.07 Å². The standard InChI is InChI=1S/C12H7Cl2FN2O2/c13-7-2-1-3-9(11(7)15)17-10-4-6(12(18)19)8(14)5-16-10/h1-5H,(H,16,17)(H,18,19). The molecule has 0 saturated heterocycles. The van der Waals surface area contributed by atoms with Gasteiger partial charge < -0.3 is 10.4 Å². The van der Waals surface area contributed by atoms with Crippen LogP contribution in [0.1, 0.15) is 10.4 Å². The number of hydrogen-bond donors (Lipinski definition) is 2. The number of carbonyl (C=O) groups is 1. The number of aromatic nitrogens is 1. The third kappa shape index (κ3) is 2.94. The average molecular weight is 301 g/mol. The Hall–Kier alpha value is -1.85. The number of anilines is 2. The van der Waals surface area contributed by atoms with E-state index in [0.29, 0.717) is 0 Å². The Bertz CT molecular complexity index is 650. The first-order valence-corrected chi connectivity index (χ1v) is 5.84. The molecule has 2 rings (SSSR count). The zero-order valence-corrected chi connectivity index (χ0v) is 10.8. The maximum atomic E-state index is 13.7. The molecule has 4 nitrogen and oxygen atoms in total. The number of halogens is 3. The second-order valence-corrected chi connectivity index (χ2v) is 4.40. The van der Waals surface area contributed by atoms with Crippen LogP contribution in [0.25, 0.3) is 0 Å². The van der Waals surface area contributed by atoms with Crippen molar-refractivity contribution in [3.63, 3.8) is 0 Å². The number of pyridine rings is 1. The van der Waals surface area contributed by atoms with Crippen LogP contribution >= 0.6 is 23.2 Å². The Morgan fingerprint density at radius 2 is 2.05 bits per heavy atom. The van der Waals surface area contributed by atoms with Crippen LogP contribution < -0.4 is 5.32 Å². The van der Waals surface area contributed by atoms with Crippen molar-refractivity contribution in [2.75, 3.05) is 5.32 Å². The molecule has 0 unspecified atom stereocenters. The average Bonchev–Trinajstić information content (AvgIpc) is 2.37. The van der Waals surface area contributed by atoms with Gasteiger partial charge >= 0.3 is 5.97 Å². The molecule has 0 fully saturated rings. The fourth-order valence-corrected chi connectivity index (χ4v) is 1.77. The van der Waals surface area contributed by atoms with Crippen LogP contribution in [0.2, 0.25) is 10.0 Å². The second kappa shape index (κ2) is 5.42. The number of benzene rings is 1. The number of rotatable bonds is 3. The molecule has 2 aromatic rings. The first-order chi connectivity index (χ1) is 8.99. The predicted octanol–water partition coefficient (Wildman–Crippen LogP) is 3.97. The minimum atomic E-state index is -1.19. The normalized spacial score (nSPS) is 10.3. The van der Waals surface area contributed by atoms with Gasteiger partial charge in [0, 0.05) is 6.20 Å². The topological polar surface area (TPSA) is 62.2 Å². The zero-order chi connectivity index (χ0) is 14.0. The third-order valence-corrected chi connectivity index (χ3v) is 2.89. The maximum absolute atomic E-state index is 13.7. The summed E-state index contributed by atoms with van der Waals surface area (Å²) in [5, 5.41) is 11.5. The molecule has 0 bridgehead atoms. The van der Waals surface area contributed by atoms with Crippen molar-refractivity contribution < 1.29 is 14.3 Å².